The molecule has 1 aliphatic carbocycles. The third-order valence-corrected chi connectivity index (χ3v) is 8.57. The topological polar surface area (TPSA) is 59.5 Å². The van der Waals surface area contributed by atoms with Crippen LogP contribution in [0.1, 0.15) is 36.3 Å². The van der Waals surface area contributed by atoms with Crippen molar-refractivity contribution < 1.29 is 13.2 Å². The molecule has 25 heavy (non-hydrogen) atoms. The van der Waals surface area contributed by atoms with Gasteiger partial charge < -0.3 is 4.74 Å². The molecule has 0 radical (unpaired) electrons. The second-order valence-electron chi connectivity index (χ2n) is 6.66. The number of ether oxygens (including phenoxy) is 1. The number of methoxy groups -OCH3 is 1. The van der Waals surface area contributed by atoms with E-state index in [2.05, 4.69) is 0 Å². The van der Waals surface area contributed by atoms with Crippen LogP contribution in [0.5, 0.6) is 5.75 Å². The normalized spacial score (nSPS) is 19.1. The Balaban J connectivity index is 1.59. The number of benzene rings is 1. The van der Waals surface area contributed by atoms with Gasteiger partial charge >= 0.3 is 0 Å². The van der Waals surface area contributed by atoms with Crippen molar-refractivity contribution in [2.24, 2.45) is 0 Å². The highest BCUT2D eigenvalue weighted by Crippen LogP contribution is 2.35. The van der Waals surface area contributed by atoms with Gasteiger partial charge in [0.25, 0.3) is 0 Å². The Bertz CT molecular complexity index is 870. The van der Waals surface area contributed by atoms with Crippen LogP contribution in [0.2, 0.25) is 0 Å². The van der Waals surface area contributed by atoms with E-state index in [9.17, 15) is 8.42 Å². The molecule has 4 rings (SSSR count). The van der Waals surface area contributed by atoms with E-state index in [4.69, 9.17) is 9.72 Å². The summed E-state index contributed by atoms with van der Waals surface area (Å²) in [6.45, 7) is 1.02. The summed E-state index contributed by atoms with van der Waals surface area (Å²) in [6.07, 6.45) is 4.38. The van der Waals surface area contributed by atoms with Crippen molar-refractivity contribution in [3.8, 4) is 16.3 Å². The maximum absolute atomic E-state index is 12.9. The van der Waals surface area contributed by atoms with E-state index in [1.54, 1.807) is 22.8 Å². The molecule has 2 aromatic rings. The first kappa shape index (κ1) is 17.0. The van der Waals surface area contributed by atoms with Crippen LogP contribution in [0.3, 0.4) is 0 Å². The molecule has 0 saturated heterocycles. The number of thiazole rings is 1. The number of nitrogens with zero attached hydrogens (tertiary/aromatic N) is 2. The molecular formula is C18H22N2O3S2. The molecule has 1 aliphatic heterocycles. The van der Waals surface area contributed by atoms with Gasteiger partial charge in [0, 0.05) is 30.0 Å². The second-order valence-corrected chi connectivity index (χ2v) is 9.95. The number of sulfonamides is 1. The van der Waals surface area contributed by atoms with Gasteiger partial charge in [0.05, 0.1) is 18.1 Å². The monoisotopic (exact) mass is 378 g/mol. The molecule has 0 bridgehead atoms. The SMILES string of the molecule is COc1cccc(-c2nc3c(s2)CN(S(=O)(=O)C2CCCC2)CC3)c1. The van der Waals surface area contributed by atoms with Gasteiger partial charge in [-0.3, -0.25) is 0 Å². The van der Waals surface area contributed by atoms with E-state index in [0.29, 0.717) is 19.5 Å². The summed E-state index contributed by atoms with van der Waals surface area (Å²) >= 11 is 1.60. The molecule has 7 heteroatoms. The van der Waals surface area contributed by atoms with Crippen LogP contribution in [-0.4, -0.2) is 36.6 Å². The van der Waals surface area contributed by atoms with E-state index in [0.717, 1.165) is 52.6 Å². The summed E-state index contributed by atoms with van der Waals surface area (Å²) in [7, 11) is -1.53. The fraction of sp³-hybridized carbons (Fsp3) is 0.500. The smallest absolute Gasteiger partial charge is 0.217 e. The van der Waals surface area contributed by atoms with Crippen LogP contribution in [0.15, 0.2) is 24.3 Å². The van der Waals surface area contributed by atoms with E-state index < -0.39 is 10.0 Å². The minimum Gasteiger partial charge on any atom is -0.497 e. The molecule has 0 atom stereocenters. The highest BCUT2D eigenvalue weighted by atomic mass is 32.2. The first-order valence-electron chi connectivity index (χ1n) is 8.70. The van der Waals surface area contributed by atoms with Crippen LogP contribution < -0.4 is 4.74 Å². The quantitative estimate of drug-likeness (QED) is 0.818. The summed E-state index contributed by atoms with van der Waals surface area (Å²) < 4.78 is 32.7. The van der Waals surface area contributed by atoms with Crippen molar-refractivity contribution in [2.75, 3.05) is 13.7 Å². The Kier molecular flexibility index (Phi) is 4.56. The standard InChI is InChI=1S/C18H22N2O3S2/c1-23-14-6-4-5-13(11-14)18-19-16-9-10-20(12-17(16)24-18)25(21,22)15-7-2-3-8-15/h4-6,11,15H,2-3,7-10,12H2,1H3. The molecule has 2 aliphatic rings. The Morgan fingerprint density at radius 3 is 2.84 bits per heavy atom. The third-order valence-electron chi connectivity index (χ3n) is 5.10. The number of hydrogen-bond acceptors (Lipinski definition) is 5. The minimum atomic E-state index is -3.18. The minimum absolute atomic E-state index is 0.181. The maximum atomic E-state index is 12.9. The second kappa shape index (κ2) is 6.70. The number of hydrogen-bond donors (Lipinski definition) is 0. The maximum Gasteiger partial charge on any atom is 0.217 e. The Labute approximate surface area is 152 Å². The van der Waals surface area contributed by atoms with Crippen molar-refractivity contribution in [3.63, 3.8) is 0 Å². The van der Waals surface area contributed by atoms with Gasteiger partial charge in [-0.2, -0.15) is 4.31 Å². The zero-order valence-electron chi connectivity index (χ0n) is 14.3. The number of aromatic nitrogens is 1. The zero-order chi connectivity index (χ0) is 17.4. The first-order chi connectivity index (χ1) is 12.1. The average Bonchev–Trinajstić information content (AvgIpc) is 3.31. The predicted octanol–water partition coefficient (Wildman–Crippen LogP) is 3.45. The van der Waals surface area contributed by atoms with Crippen LogP contribution in [0, 0.1) is 0 Å². The first-order valence-corrected chi connectivity index (χ1v) is 11.0. The van der Waals surface area contributed by atoms with Crippen molar-refractivity contribution in [1.82, 2.24) is 9.29 Å². The molecule has 1 saturated carbocycles. The van der Waals surface area contributed by atoms with Crippen LogP contribution in [0.25, 0.3) is 10.6 Å². The van der Waals surface area contributed by atoms with E-state index in [1.165, 1.54) is 0 Å². The van der Waals surface area contributed by atoms with Crippen molar-refractivity contribution >= 4 is 21.4 Å². The Morgan fingerprint density at radius 2 is 2.08 bits per heavy atom. The van der Waals surface area contributed by atoms with Crippen LogP contribution in [-0.2, 0) is 23.0 Å². The Hall–Kier alpha value is -1.44. The number of rotatable bonds is 4. The molecule has 5 nitrogen and oxygen atoms in total. The van der Waals surface area contributed by atoms with E-state index in [1.807, 2.05) is 24.3 Å². The molecular weight excluding hydrogens is 356 g/mol. The van der Waals surface area contributed by atoms with Crippen LogP contribution >= 0.6 is 11.3 Å². The summed E-state index contributed by atoms with van der Waals surface area (Å²) in [5.41, 5.74) is 2.06. The van der Waals surface area contributed by atoms with Gasteiger partial charge in [-0.15, -0.1) is 11.3 Å². The summed E-state index contributed by atoms with van der Waals surface area (Å²) in [4.78, 5) is 5.83. The molecule has 0 amide bonds. The van der Waals surface area contributed by atoms with Crippen molar-refractivity contribution in [1.29, 1.82) is 0 Å². The van der Waals surface area contributed by atoms with Gasteiger partial charge in [0.15, 0.2) is 0 Å². The summed E-state index contributed by atoms with van der Waals surface area (Å²) in [5, 5.41) is 0.754. The van der Waals surface area contributed by atoms with Crippen molar-refractivity contribution in [2.45, 2.75) is 43.9 Å². The van der Waals surface area contributed by atoms with Gasteiger partial charge in [-0.1, -0.05) is 25.0 Å². The molecule has 0 unspecified atom stereocenters. The lowest BCUT2D eigenvalue weighted by Gasteiger charge is -2.28. The predicted molar refractivity (Wildman–Crippen MR) is 99.4 cm³/mol. The lowest BCUT2D eigenvalue weighted by atomic mass is 10.2. The lowest BCUT2D eigenvalue weighted by molar-refractivity contribution is 0.386. The molecule has 0 spiro atoms. The lowest BCUT2D eigenvalue weighted by Crippen LogP contribution is -2.40. The number of fused-ring (bicyclic) bond motifs is 1. The molecule has 1 aromatic heterocycles. The third kappa shape index (κ3) is 3.20. The molecule has 0 N–H and O–H groups in total. The van der Waals surface area contributed by atoms with Gasteiger partial charge in [0.2, 0.25) is 10.0 Å². The highest BCUT2D eigenvalue weighted by Gasteiger charge is 2.36. The summed E-state index contributed by atoms with van der Waals surface area (Å²) in [5.74, 6) is 0.802. The fourth-order valence-corrected chi connectivity index (χ4v) is 6.87. The van der Waals surface area contributed by atoms with Crippen LogP contribution in [0.4, 0.5) is 0 Å². The van der Waals surface area contributed by atoms with Gasteiger partial charge in [0.1, 0.15) is 10.8 Å². The molecule has 1 fully saturated rings. The molecule has 134 valence electrons. The average molecular weight is 379 g/mol. The van der Waals surface area contributed by atoms with E-state index in [-0.39, 0.29) is 5.25 Å². The van der Waals surface area contributed by atoms with E-state index >= 15 is 0 Å². The van der Waals surface area contributed by atoms with Gasteiger partial charge in [-0.05, 0) is 25.0 Å². The molecule has 2 heterocycles. The fourth-order valence-electron chi connectivity index (χ4n) is 3.67. The largest absolute Gasteiger partial charge is 0.497 e. The highest BCUT2D eigenvalue weighted by molar-refractivity contribution is 7.89. The van der Waals surface area contributed by atoms with Crippen molar-refractivity contribution in [3.05, 3.63) is 34.8 Å². The molecule has 1 aromatic carbocycles. The Morgan fingerprint density at radius 1 is 1.28 bits per heavy atom. The summed E-state index contributed by atoms with van der Waals surface area (Å²) in [6, 6.07) is 7.84. The van der Waals surface area contributed by atoms with Gasteiger partial charge in [-0.25, -0.2) is 13.4 Å². The zero-order valence-corrected chi connectivity index (χ0v) is 15.9.